The molecule has 15 nitrogen and oxygen atoms in total. The van der Waals surface area contributed by atoms with Crippen LogP contribution in [-0.2, 0) is 24.4 Å². The van der Waals surface area contributed by atoms with Crippen molar-refractivity contribution in [2.24, 2.45) is 11.3 Å². The smallest absolute Gasteiger partial charge is 0.269 e. The number of amides is 3. The normalized spacial score (nSPS) is 26.7. The Hall–Kier alpha value is -4.99. The second-order valence-electron chi connectivity index (χ2n) is 16.5. The molecular formula is C41H52N6O9S. The maximum atomic E-state index is 14.7. The molecule has 0 spiro atoms. The number of rotatable bonds is 10. The van der Waals surface area contributed by atoms with Crippen LogP contribution in [0.4, 0.5) is 0 Å². The van der Waals surface area contributed by atoms with Crippen LogP contribution in [0.15, 0.2) is 42.6 Å². The van der Waals surface area contributed by atoms with E-state index in [4.69, 9.17) is 19.2 Å². The second kappa shape index (κ2) is 15.7. The lowest BCUT2D eigenvalue weighted by Crippen LogP contribution is -2.52. The molecule has 3 aromatic rings. The fourth-order valence-corrected chi connectivity index (χ4v) is 9.40. The van der Waals surface area contributed by atoms with Gasteiger partial charge in [0.25, 0.3) is 5.91 Å². The van der Waals surface area contributed by atoms with E-state index in [-0.39, 0.29) is 42.9 Å². The fraction of sp³-hybridized carbons (Fsp3) is 0.561. The van der Waals surface area contributed by atoms with E-state index in [0.29, 0.717) is 66.8 Å². The number of aryl methyl sites for hydroxylation is 1. The number of nitrogens with zero attached hydrogens (tertiary/aromatic N) is 3. The van der Waals surface area contributed by atoms with Crippen molar-refractivity contribution >= 4 is 44.4 Å². The number of pyridine rings is 1. The van der Waals surface area contributed by atoms with Gasteiger partial charge in [-0.3, -0.25) is 29.0 Å². The third kappa shape index (κ3) is 8.23. The number of ketones is 1. The molecule has 3 N–H and O–H groups in total. The van der Waals surface area contributed by atoms with Gasteiger partial charge in [-0.05, 0) is 90.3 Å². The molecule has 7 rings (SSSR count). The molecule has 3 fully saturated rings. The molecule has 3 amide bonds. The monoisotopic (exact) mass is 804 g/mol. The summed E-state index contributed by atoms with van der Waals surface area (Å²) in [6.07, 6.45) is 8.81. The largest absolute Gasteiger partial charge is 0.496 e. The zero-order chi connectivity index (χ0) is 40.7. The van der Waals surface area contributed by atoms with Crippen LogP contribution in [0.2, 0.25) is 0 Å². The predicted molar refractivity (Wildman–Crippen MR) is 210 cm³/mol. The first-order valence-corrected chi connectivity index (χ1v) is 21.3. The number of Topliss-reactive ketones (excluding diaryl/α,β-unsaturated/α-hetero) is 1. The number of methoxy groups -OCH3 is 1. The average molecular weight is 805 g/mol. The van der Waals surface area contributed by atoms with Gasteiger partial charge in [0.2, 0.25) is 27.7 Å². The molecule has 1 aromatic carbocycles. The van der Waals surface area contributed by atoms with Crippen LogP contribution in [0.5, 0.6) is 17.4 Å². The highest BCUT2D eigenvalue weighted by Crippen LogP contribution is 2.57. The standard InChI is InChI=1S/C41H52N6O9S/c1-24(2)55-35-20-34(28-13-14-33(54-5)25(3)36(28)44-35)56-27-19-31-32(48)22-41(39(51)46-57(52,53)40(4)16-17-40)21-26(41)11-9-7-6-8-10-12-30(38(50)47(31)23-27)43-37(49)29-15-18-42-45-29/h9,11,13-15,18,20,24,26-27,30-31H,6-8,10,12,16-17,19,21-23H2,1-5H3,(H,42,45)(H,43,49)(H,46,51)/b11-9-/t26-,27+,30-,31-,41+/m0/s1. The number of hydrogen-bond acceptors (Lipinski definition) is 11. The van der Waals surface area contributed by atoms with Gasteiger partial charge in [-0.1, -0.05) is 25.0 Å². The van der Waals surface area contributed by atoms with E-state index >= 15 is 0 Å². The van der Waals surface area contributed by atoms with Crippen molar-refractivity contribution in [3.8, 4) is 17.4 Å². The van der Waals surface area contributed by atoms with Gasteiger partial charge in [0.15, 0.2) is 5.78 Å². The summed E-state index contributed by atoms with van der Waals surface area (Å²) in [7, 11) is -2.38. The van der Waals surface area contributed by atoms with E-state index in [1.807, 2.05) is 45.1 Å². The van der Waals surface area contributed by atoms with E-state index in [1.165, 1.54) is 17.2 Å². The van der Waals surface area contributed by atoms with Crippen LogP contribution in [0.1, 0.15) is 101 Å². The van der Waals surface area contributed by atoms with Crippen LogP contribution in [0, 0.1) is 18.3 Å². The number of carbonyl (C=O) groups excluding carboxylic acids is 4. The van der Waals surface area contributed by atoms with Crippen LogP contribution >= 0.6 is 0 Å². The molecule has 2 aliphatic heterocycles. The van der Waals surface area contributed by atoms with Crippen molar-refractivity contribution in [2.45, 2.75) is 121 Å². The molecule has 2 aliphatic carbocycles. The first kappa shape index (κ1) is 40.2. The van der Waals surface area contributed by atoms with Gasteiger partial charge < -0.3 is 24.4 Å². The van der Waals surface area contributed by atoms with E-state index in [9.17, 15) is 27.6 Å². The van der Waals surface area contributed by atoms with Crippen molar-refractivity contribution in [1.29, 1.82) is 0 Å². The zero-order valence-corrected chi connectivity index (χ0v) is 33.9. The highest BCUT2D eigenvalue weighted by molar-refractivity contribution is 7.91. The number of benzene rings is 1. The first-order chi connectivity index (χ1) is 27.1. The number of ether oxygens (including phenoxy) is 3. The Morgan fingerprint density at radius 1 is 1.09 bits per heavy atom. The molecule has 1 saturated heterocycles. The summed E-state index contributed by atoms with van der Waals surface area (Å²) in [4.78, 5) is 62.8. The van der Waals surface area contributed by atoms with Gasteiger partial charge in [-0.15, -0.1) is 0 Å². The number of allylic oxidation sites excluding steroid dienone is 2. The predicted octanol–water partition coefficient (Wildman–Crippen LogP) is 4.69. The molecule has 5 atom stereocenters. The summed E-state index contributed by atoms with van der Waals surface area (Å²) in [6.45, 7) is 7.29. The second-order valence-corrected chi connectivity index (χ2v) is 18.6. The molecule has 306 valence electrons. The maximum Gasteiger partial charge on any atom is 0.269 e. The number of carbonyl (C=O) groups is 4. The van der Waals surface area contributed by atoms with Crippen molar-refractivity contribution in [1.82, 2.24) is 30.1 Å². The lowest BCUT2D eigenvalue weighted by molar-refractivity contribution is -0.140. The number of fused-ring (bicyclic) bond motifs is 3. The number of nitrogens with one attached hydrogen (secondary N) is 3. The number of aromatic nitrogens is 3. The van der Waals surface area contributed by atoms with Crippen LogP contribution < -0.4 is 24.2 Å². The zero-order valence-electron chi connectivity index (χ0n) is 33.1. The molecule has 57 heavy (non-hydrogen) atoms. The quantitative estimate of drug-likeness (QED) is 0.240. The Labute approximate surface area is 332 Å². The topological polar surface area (TPSA) is 199 Å². The highest BCUT2D eigenvalue weighted by atomic mass is 32.2. The molecular weight excluding hydrogens is 753 g/mol. The lowest BCUT2D eigenvalue weighted by Gasteiger charge is -2.29. The summed E-state index contributed by atoms with van der Waals surface area (Å²) >= 11 is 0. The molecule has 16 heteroatoms. The van der Waals surface area contributed by atoms with Gasteiger partial charge in [0.1, 0.15) is 29.3 Å². The molecule has 4 aliphatic rings. The van der Waals surface area contributed by atoms with E-state index in [0.717, 1.165) is 18.4 Å². The molecule has 2 aromatic heterocycles. The Bertz CT molecular complexity index is 2180. The van der Waals surface area contributed by atoms with Gasteiger partial charge in [0, 0.05) is 36.1 Å². The molecule has 0 radical (unpaired) electrons. The number of hydrogen-bond donors (Lipinski definition) is 3. The Kier molecular flexibility index (Phi) is 11.1. The third-order valence-corrected chi connectivity index (χ3v) is 14.1. The molecule has 4 heterocycles. The minimum absolute atomic E-state index is 0.0141. The van der Waals surface area contributed by atoms with Crippen LogP contribution in [0.25, 0.3) is 10.9 Å². The van der Waals surface area contributed by atoms with E-state index < -0.39 is 56.1 Å². The van der Waals surface area contributed by atoms with Crippen molar-refractivity contribution < 1.29 is 41.8 Å². The summed E-state index contributed by atoms with van der Waals surface area (Å²) in [6, 6.07) is 4.89. The van der Waals surface area contributed by atoms with Gasteiger partial charge >= 0.3 is 0 Å². The molecule has 0 bridgehead atoms. The van der Waals surface area contributed by atoms with Gasteiger partial charge in [-0.2, -0.15) is 5.10 Å². The van der Waals surface area contributed by atoms with Crippen LogP contribution in [-0.4, -0.2) is 94.7 Å². The van der Waals surface area contributed by atoms with Gasteiger partial charge in [0.05, 0.1) is 41.5 Å². The fourth-order valence-electron chi connectivity index (χ4n) is 8.06. The number of sulfonamides is 1. The van der Waals surface area contributed by atoms with E-state index in [2.05, 4.69) is 20.2 Å². The Balaban J connectivity index is 1.23. The minimum Gasteiger partial charge on any atom is -0.496 e. The van der Waals surface area contributed by atoms with Crippen molar-refractivity contribution in [3.63, 3.8) is 0 Å². The number of aromatic amines is 1. The maximum absolute atomic E-state index is 14.7. The molecule has 2 saturated carbocycles. The van der Waals surface area contributed by atoms with Crippen molar-refractivity contribution in [3.05, 3.63) is 53.9 Å². The summed E-state index contributed by atoms with van der Waals surface area (Å²) in [5.74, 6) is -0.943. The average Bonchev–Trinajstić information content (AvgIpc) is 3.91. The summed E-state index contributed by atoms with van der Waals surface area (Å²) in [5, 5.41) is 10.1. The highest BCUT2D eigenvalue weighted by Gasteiger charge is 2.62. The van der Waals surface area contributed by atoms with E-state index in [1.54, 1.807) is 20.1 Å². The minimum atomic E-state index is -3.96. The van der Waals surface area contributed by atoms with Crippen LogP contribution in [0.3, 0.4) is 0 Å². The Morgan fingerprint density at radius 2 is 1.88 bits per heavy atom. The Morgan fingerprint density at radius 3 is 2.58 bits per heavy atom. The summed E-state index contributed by atoms with van der Waals surface area (Å²) in [5.41, 5.74) is 0.302. The number of H-pyrrole nitrogens is 1. The SMILES string of the molecule is COc1ccc2c(O[C@@H]3C[C@H]4C(=O)C[C@]5(C(=O)NS(=O)(=O)C6(C)CC6)C[C@@H]5/C=C\CCCCC[C@H](NC(=O)c5ccn[nH]5)C(=O)N4C3)cc(OC(C)C)nc2c1C. The third-order valence-electron chi connectivity index (χ3n) is 11.9. The van der Waals surface area contributed by atoms with Crippen molar-refractivity contribution in [2.75, 3.05) is 13.7 Å². The van der Waals surface area contributed by atoms with Gasteiger partial charge in [-0.25, -0.2) is 13.4 Å². The molecule has 0 unspecified atom stereocenters. The lowest BCUT2D eigenvalue weighted by atomic mass is 9.91. The summed E-state index contributed by atoms with van der Waals surface area (Å²) < 4.78 is 46.0. The first-order valence-electron chi connectivity index (χ1n) is 19.8.